The van der Waals surface area contributed by atoms with Crippen LogP contribution >= 0.6 is 0 Å². The van der Waals surface area contributed by atoms with Gasteiger partial charge in [-0.15, -0.1) is 0 Å². The van der Waals surface area contributed by atoms with E-state index in [0.29, 0.717) is 24.0 Å². The fraction of sp³-hybridized carbons (Fsp3) is 0.333. The molecule has 0 amide bonds. The maximum absolute atomic E-state index is 10.8. The number of rotatable bonds is 5. The molecule has 0 aliphatic heterocycles. The number of aromatic nitrogens is 1. The molecule has 20 heavy (non-hydrogen) atoms. The minimum Gasteiger partial charge on any atom is -0.493 e. The third-order valence-electron chi connectivity index (χ3n) is 3.58. The number of carboxylic acid groups (broad SMARTS) is 1. The average molecular weight is 273 g/mol. The molecule has 3 rings (SSSR count). The molecule has 5 heteroatoms. The van der Waals surface area contributed by atoms with Gasteiger partial charge in [-0.05, 0) is 30.9 Å². The SMILES string of the molecule is O=C(O)c1cc(-c2ccccc2OCC2CCC2)on1. The van der Waals surface area contributed by atoms with E-state index in [1.807, 2.05) is 24.3 Å². The first-order valence-corrected chi connectivity index (χ1v) is 6.66. The van der Waals surface area contributed by atoms with Crippen LogP contribution in [0.3, 0.4) is 0 Å². The van der Waals surface area contributed by atoms with Crippen molar-refractivity contribution in [3.8, 4) is 17.1 Å². The Morgan fingerprint density at radius 3 is 2.85 bits per heavy atom. The second-order valence-electron chi connectivity index (χ2n) is 4.99. The highest BCUT2D eigenvalue weighted by Gasteiger charge is 2.20. The highest BCUT2D eigenvalue weighted by atomic mass is 16.5. The molecule has 0 spiro atoms. The van der Waals surface area contributed by atoms with Crippen LogP contribution in [0.25, 0.3) is 11.3 Å². The van der Waals surface area contributed by atoms with Gasteiger partial charge in [-0.3, -0.25) is 0 Å². The third kappa shape index (κ3) is 2.52. The predicted octanol–water partition coefficient (Wildman–Crippen LogP) is 3.22. The van der Waals surface area contributed by atoms with E-state index in [0.717, 1.165) is 5.56 Å². The van der Waals surface area contributed by atoms with Gasteiger partial charge in [0, 0.05) is 6.07 Å². The summed E-state index contributed by atoms with van der Waals surface area (Å²) >= 11 is 0. The van der Waals surface area contributed by atoms with Crippen LogP contribution in [0.1, 0.15) is 29.8 Å². The summed E-state index contributed by atoms with van der Waals surface area (Å²) in [5, 5.41) is 12.4. The molecule has 0 saturated heterocycles. The van der Waals surface area contributed by atoms with Crippen LogP contribution < -0.4 is 4.74 Å². The molecular formula is C15H15NO4. The first-order valence-electron chi connectivity index (χ1n) is 6.66. The van der Waals surface area contributed by atoms with E-state index in [4.69, 9.17) is 14.4 Å². The minimum absolute atomic E-state index is 0.103. The van der Waals surface area contributed by atoms with Gasteiger partial charge in [0.15, 0.2) is 11.5 Å². The van der Waals surface area contributed by atoms with Crippen molar-refractivity contribution in [2.24, 2.45) is 5.92 Å². The number of benzene rings is 1. The van der Waals surface area contributed by atoms with Crippen molar-refractivity contribution in [2.45, 2.75) is 19.3 Å². The van der Waals surface area contributed by atoms with Crippen molar-refractivity contribution >= 4 is 5.97 Å². The lowest BCUT2D eigenvalue weighted by Gasteiger charge is -2.25. The largest absolute Gasteiger partial charge is 0.493 e. The van der Waals surface area contributed by atoms with Gasteiger partial charge in [0.25, 0.3) is 0 Å². The Morgan fingerprint density at radius 1 is 1.40 bits per heavy atom. The summed E-state index contributed by atoms with van der Waals surface area (Å²) in [5.41, 5.74) is 0.626. The number of nitrogens with zero attached hydrogens (tertiary/aromatic N) is 1. The minimum atomic E-state index is -1.10. The van der Waals surface area contributed by atoms with E-state index < -0.39 is 5.97 Å². The van der Waals surface area contributed by atoms with Gasteiger partial charge in [0.05, 0.1) is 12.2 Å². The van der Waals surface area contributed by atoms with Crippen LogP contribution in [-0.4, -0.2) is 22.8 Å². The highest BCUT2D eigenvalue weighted by Crippen LogP contribution is 2.32. The third-order valence-corrected chi connectivity index (χ3v) is 3.58. The zero-order chi connectivity index (χ0) is 13.9. The summed E-state index contributed by atoms with van der Waals surface area (Å²) in [6.45, 7) is 0.691. The van der Waals surface area contributed by atoms with Gasteiger partial charge in [-0.2, -0.15) is 0 Å². The standard InChI is InChI=1S/C15H15NO4/c17-15(18)12-8-14(20-16-12)11-6-1-2-7-13(11)19-9-10-4-3-5-10/h1-2,6-8,10H,3-5,9H2,(H,17,18). The summed E-state index contributed by atoms with van der Waals surface area (Å²) in [4.78, 5) is 10.8. The summed E-state index contributed by atoms with van der Waals surface area (Å²) in [6, 6.07) is 8.84. The van der Waals surface area contributed by atoms with Gasteiger partial charge in [0.1, 0.15) is 5.75 Å². The van der Waals surface area contributed by atoms with Gasteiger partial charge >= 0.3 is 5.97 Å². The molecule has 1 heterocycles. The number of hydrogen-bond donors (Lipinski definition) is 1. The highest BCUT2D eigenvalue weighted by molar-refractivity contribution is 5.86. The molecular weight excluding hydrogens is 258 g/mol. The lowest BCUT2D eigenvalue weighted by Crippen LogP contribution is -2.19. The van der Waals surface area contributed by atoms with E-state index in [9.17, 15) is 4.79 Å². The monoisotopic (exact) mass is 273 g/mol. The quantitative estimate of drug-likeness (QED) is 0.905. The molecule has 0 radical (unpaired) electrons. The van der Waals surface area contributed by atoms with Crippen molar-refractivity contribution in [1.29, 1.82) is 0 Å². The molecule has 1 aromatic carbocycles. The predicted molar refractivity (Wildman–Crippen MR) is 71.7 cm³/mol. The number of ether oxygens (including phenoxy) is 1. The molecule has 1 fully saturated rings. The Labute approximate surface area is 116 Å². The Balaban J connectivity index is 1.81. The van der Waals surface area contributed by atoms with Crippen LogP contribution in [-0.2, 0) is 0 Å². The molecule has 1 aliphatic carbocycles. The second kappa shape index (κ2) is 5.36. The molecule has 0 atom stereocenters. The van der Waals surface area contributed by atoms with Gasteiger partial charge in [-0.1, -0.05) is 23.7 Å². The van der Waals surface area contributed by atoms with Crippen molar-refractivity contribution in [3.05, 3.63) is 36.0 Å². The van der Waals surface area contributed by atoms with Crippen molar-refractivity contribution < 1.29 is 19.2 Å². The summed E-state index contributed by atoms with van der Waals surface area (Å²) in [5.74, 6) is 0.638. The Bertz CT molecular complexity index is 616. The van der Waals surface area contributed by atoms with E-state index in [-0.39, 0.29) is 5.69 Å². The van der Waals surface area contributed by atoms with E-state index in [2.05, 4.69) is 5.16 Å². The molecule has 1 N–H and O–H groups in total. The van der Waals surface area contributed by atoms with Crippen LogP contribution in [0.15, 0.2) is 34.9 Å². The van der Waals surface area contributed by atoms with Gasteiger partial charge in [-0.25, -0.2) is 4.79 Å². The Kier molecular flexibility index (Phi) is 3.41. The summed E-state index contributed by atoms with van der Waals surface area (Å²) < 4.78 is 10.9. The molecule has 1 aromatic heterocycles. The van der Waals surface area contributed by atoms with Gasteiger partial charge < -0.3 is 14.4 Å². The van der Waals surface area contributed by atoms with Crippen LogP contribution in [0.2, 0.25) is 0 Å². The van der Waals surface area contributed by atoms with Crippen molar-refractivity contribution in [1.82, 2.24) is 5.16 Å². The maximum atomic E-state index is 10.8. The fourth-order valence-electron chi connectivity index (χ4n) is 2.17. The zero-order valence-electron chi connectivity index (χ0n) is 10.9. The molecule has 2 aromatic rings. The number of carbonyl (C=O) groups is 1. The van der Waals surface area contributed by atoms with E-state index in [1.54, 1.807) is 0 Å². The van der Waals surface area contributed by atoms with Crippen LogP contribution in [0.4, 0.5) is 0 Å². The molecule has 104 valence electrons. The fourth-order valence-corrected chi connectivity index (χ4v) is 2.17. The molecule has 5 nitrogen and oxygen atoms in total. The van der Waals surface area contributed by atoms with E-state index in [1.165, 1.54) is 25.3 Å². The van der Waals surface area contributed by atoms with Crippen LogP contribution in [0, 0.1) is 5.92 Å². The average Bonchev–Trinajstić information content (AvgIpc) is 2.87. The molecule has 1 aliphatic rings. The number of para-hydroxylation sites is 1. The number of hydrogen-bond acceptors (Lipinski definition) is 4. The van der Waals surface area contributed by atoms with Crippen LogP contribution in [0.5, 0.6) is 5.75 Å². The normalized spacial score (nSPS) is 14.8. The van der Waals surface area contributed by atoms with E-state index >= 15 is 0 Å². The Morgan fingerprint density at radius 2 is 2.20 bits per heavy atom. The molecule has 0 unspecified atom stereocenters. The first-order chi connectivity index (χ1) is 9.74. The second-order valence-corrected chi connectivity index (χ2v) is 4.99. The Hall–Kier alpha value is -2.30. The lowest BCUT2D eigenvalue weighted by molar-refractivity contribution is 0.0686. The van der Waals surface area contributed by atoms with Crippen molar-refractivity contribution in [3.63, 3.8) is 0 Å². The first kappa shape index (κ1) is 12.7. The molecule has 1 saturated carbocycles. The summed E-state index contributed by atoms with van der Waals surface area (Å²) in [7, 11) is 0. The lowest BCUT2D eigenvalue weighted by atomic mass is 9.86. The number of carboxylic acids is 1. The van der Waals surface area contributed by atoms with Gasteiger partial charge in [0.2, 0.25) is 0 Å². The number of aromatic carboxylic acids is 1. The van der Waals surface area contributed by atoms with Crippen molar-refractivity contribution in [2.75, 3.05) is 6.61 Å². The molecule has 0 bridgehead atoms. The summed E-state index contributed by atoms with van der Waals surface area (Å²) in [6.07, 6.45) is 3.71. The maximum Gasteiger partial charge on any atom is 0.358 e. The topological polar surface area (TPSA) is 72.6 Å². The smallest absolute Gasteiger partial charge is 0.358 e. The zero-order valence-corrected chi connectivity index (χ0v) is 10.9.